The van der Waals surface area contributed by atoms with Crippen molar-refractivity contribution in [2.45, 2.75) is 26.3 Å². The highest BCUT2D eigenvalue weighted by atomic mass is 16.5. The Morgan fingerprint density at radius 1 is 0.870 bits per heavy atom. The van der Waals surface area contributed by atoms with E-state index in [1.54, 1.807) is 17.9 Å². The molecule has 9 heteroatoms. The normalized spacial score (nSPS) is 14.5. The number of amides is 1. The number of pyridine rings is 1. The third kappa shape index (κ3) is 5.36. The van der Waals surface area contributed by atoms with Crippen molar-refractivity contribution in [3.05, 3.63) is 131 Å². The average molecular weight is 610 g/mol. The highest BCUT2D eigenvalue weighted by Crippen LogP contribution is 2.34. The van der Waals surface area contributed by atoms with Gasteiger partial charge in [-0.25, -0.2) is 19.5 Å². The lowest BCUT2D eigenvalue weighted by Gasteiger charge is -2.22. The SMILES string of the molecule is COc1ccc(C2CC(c3ccc4ccccc4c3)=NN2C(=O)COC(=O)c2cc(C)nc3c2c(C)nn3-c2ccccc2)cc1. The van der Waals surface area contributed by atoms with Gasteiger partial charge in [0, 0.05) is 12.1 Å². The van der Waals surface area contributed by atoms with Gasteiger partial charge in [-0.2, -0.15) is 10.2 Å². The lowest BCUT2D eigenvalue weighted by Crippen LogP contribution is -2.31. The van der Waals surface area contributed by atoms with Gasteiger partial charge in [-0.1, -0.05) is 66.7 Å². The van der Waals surface area contributed by atoms with Crippen LogP contribution >= 0.6 is 0 Å². The topological polar surface area (TPSA) is 98.9 Å². The van der Waals surface area contributed by atoms with Crippen LogP contribution in [0.25, 0.3) is 27.5 Å². The third-order valence-corrected chi connectivity index (χ3v) is 8.24. The molecule has 0 fully saturated rings. The number of aromatic nitrogens is 3. The molecular weight excluding hydrogens is 578 g/mol. The highest BCUT2D eigenvalue weighted by molar-refractivity contribution is 6.06. The first-order chi connectivity index (χ1) is 22.4. The minimum Gasteiger partial charge on any atom is -0.497 e. The molecule has 0 saturated carbocycles. The summed E-state index contributed by atoms with van der Waals surface area (Å²) < 4.78 is 12.7. The van der Waals surface area contributed by atoms with Crippen molar-refractivity contribution < 1.29 is 19.1 Å². The van der Waals surface area contributed by atoms with E-state index in [9.17, 15) is 9.59 Å². The first-order valence-electron chi connectivity index (χ1n) is 15.0. The number of benzene rings is 4. The second-order valence-corrected chi connectivity index (χ2v) is 11.3. The summed E-state index contributed by atoms with van der Waals surface area (Å²) in [6.45, 7) is 3.16. The van der Waals surface area contributed by atoms with Gasteiger partial charge in [-0.3, -0.25) is 4.79 Å². The summed E-state index contributed by atoms with van der Waals surface area (Å²) in [6.07, 6.45) is 0.506. The second kappa shape index (κ2) is 11.9. The summed E-state index contributed by atoms with van der Waals surface area (Å²) in [5, 5.41) is 13.7. The molecule has 1 unspecified atom stereocenters. The molecule has 6 aromatic rings. The molecule has 1 aliphatic heterocycles. The van der Waals surface area contributed by atoms with Gasteiger partial charge in [0.1, 0.15) is 5.75 Å². The Balaban J connectivity index is 1.17. The molecule has 0 spiro atoms. The number of carbonyl (C=O) groups excluding carboxylic acids is 2. The Morgan fingerprint density at radius 3 is 2.37 bits per heavy atom. The Bertz CT molecular complexity index is 2140. The lowest BCUT2D eigenvalue weighted by molar-refractivity contribution is -0.136. The fourth-order valence-electron chi connectivity index (χ4n) is 5.96. The number of hydrogen-bond donors (Lipinski definition) is 0. The molecule has 1 amide bonds. The molecule has 7 rings (SSSR count). The van der Waals surface area contributed by atoms with Crippen LogP contribution < -0.4 is 4.74 Å². The van der Waals surface area contributed by atoms with Crippen LogP contribution in [0.15, 0.2) is 108 Å². The predicted molar refractivity (Wildman–Crippen MR) is 176 cm³/mol. The van der Waals surface area contributed by atoms with Crippen LogP contribution in [0.4, 0.5) is 0 Å². The fourth-order valence-corrected chi connectivity index (χ4v) is 5.96. The molecule has 0 saturated heterocycles. The molecule has 0 aliphatic carbocycles. The van der Waals surface area contributed by atoms with E-state index >= 15 is 0 Å². The molecule has 0 radical (unpaired) electrons. The molecule has 9 nitrogen and oxygen atoms in total. The number of hydrogen-bond acceptors (Lipinski definition) is 7. The molecule has 1 atom stereocenters. The highest BCUT2D eigenvalue weighted by Gasteiger charge is 2.34. The number of para-hydroxylation sites is 1. The first-order valence-corrected chi connectivity index (χ1v) is 15.0. The monoisotopic (exact) mass is 609 g/mol. The van der Waals surface area contributed by atoms with Gasteiger partial charge in [0.25, 0.3) is 5.91 Å². The van der Waals surface area contributed by atoms with Gasteiger partial charge in [0.05, 0.1) is 41.2 Å². The van der Waals surface area contributed by atoms with Gasteiger partial charge in [0.15, 0.2) is 12.3 Å². The van der Waals surface area contributed by atoms with Crippen LogP contribution in [0.3, 0.4) is 0 Å². The van der Waals surface area contributed by atoms with Crippen LogP contribution in [0.2, 0.25) is 0 Å². The Labute approximate surface area is 265 Å². The van der Waals surface area contributed by atoms with Crippen molar-refractivity contribution in [3.8, 4) is 11.4 Å². The fraction of sp³-hybridized carbons (Fsp3) is 0.162. The van der Waals surface area contributed by atoms with Crippen molar-refractivity contribution in [3.63, 3.8) is 0 Å². The molecule has 2 aromatic heterocycles. The summed E-state index contributed by atoms with van der Waals surface area (Å²) in [4.78, 5) is 32.0. The Hall–Kier alpha value is -5.83. The molecule has 0 N–H and O–H groups in total. The van der Waals surface area contributed by atoms with Crippen LogP contribution in [0, 0.1) is 13.8 Å². The van der Waals surface area contributed by atoms with E-state index in [-0.39, 0.29) is 6.04 Å². The maximum absolute atomic E-state index is 13.8. The number of aryl methyl sites for hydroxylation is 2. The number of carbonyl (C=O) groups is 2. The molecule has 1 aliphatic rings. The molecule has 46 heavy (non-hydrogen) atoms. The van der Waals surface area contributed by atoms with Crippen molar-refractivity contribution in [1.29, 1.82) is 0 Å². The first kappa shape index (κ1) is 28.9. The number of ether oxygens (including phenoxy) is 2. The van der Waals surface area contributed by atoms with Crippen molar-refractivity contribution in [2.75, 3.05) is 13.7 Å². The van der Waals surface area contributed by atoms with E-state index in [4.69, 9.17) is 14.6 Å². The van der Waals surface area contributed by atoms with Gasteiger partial charge in [-0.05, 0) is 72.1 Å². The average Bonchev–Trinajstić information content (AvgIpc) is 3.69. The summed E-state index contributed by atoms with van der Waals surface area (Å²) in [7, 11) is 1.61. The Morgan fingerprint density at radius 2 is 1.61 bits per heavy atom. The second-order valence-electron chi connectivity index (χ2n) is 11.3. The quantitative estimate of drug-likeness (QED) is 0.186. The molecule has 4 aromatic carbocycles. The number of esters is 1. The zero-order valence-electron chi connectivity index (χ0n) is 25.7. The van der Waals surface area contributed by atoms with Crippen LogP contribution in [-0.4, -0.2) is 51.1 Å². The zero-order valence-corrected chi connectivity index (χ0v) is 25.7. The van der Waals surface area contributed by atoms with Gasteiger partial charge >= 0.3 is 5.97 Å². The van der Waals surface area contributed by atoms with E-state index in [2.05, 4.69) is 34.3 Å². The van der Waals surface area contributed by atoms with Gasteiger partial charge < -0.3 is 9.47 Å². The molecule has 228 valence electrons. The maximum atomic E-state index is 13.8. The number of fused-ring (bicyclic) bond motifs is 2. The van der Waals surface area contributed by atoms with Crippen LogP contribution in [0.1, 0.15) is 45.3 Å². The summed E-state index contributed by atoms with van der Waals surface area (Å²) in [5.74, 6) is -0.337. The summed E-state index contributed by atoms with van der Waals surface area (Å²) in [6, 6.07) is 32.8. The van der Waals surface area contributed by atoms with E-state index in [0.29, 0.717) is 40.2 Å². The molecular formula is C37H31N5O4. The third-order valence-electron chi connectivity index (χ3n) is 8.24. The van der Waals surface area contributed by atoms with Crippen molar-refractivity contribution in [2.24, 2.45) is 5.10 Å². The Kier molecular flexibility index (Phi) is 7.50. The van der Waals surface area contributed by atoms with Crippen LogP contribution in [-0.2, 0) is 9.53 Å². The van der Waals surface area contributed by atoms with E-state index in [1.165, 1.54) is 5.01 Å². The summed E-state index contributed by atoms with van der Waals surface area (Å²) >= 11 is 0. The maximum Gasteiger partial charge on any atom is 0.339 e. The standard InChI is InChI=1S/C37H31N5O4/c1-23-19-31(35-24(2)39-41(36(35)38-23)29-11-5-4-6-12-29)37(44)46-22-34(43)42-33(26-15-17-30(45-3)18-16-26)21-32(40-42)28-14-13-25-9-7-8-10-27(25)20-28/h4-20,33H,21-22H2,1-3H3. The van der Waals surface area contributed by atoms with Crippen LogP contribution in [0.5, 0.6) is 5.75 Å². The largest absolute Gasteiger partial charge is 0.497 e. The minimum atomic E-state index is -0.626. The van der Waals surface area contributed by atoms with Gasteiger partial charge in [0.2, 0.25) is 0 Å². The van der Waals surface area contributed by atoms with Gasteiger partial charge in [-0.15, -0.1) is 0 Å². The van der Waals surface area contributed by atoms with Crippen molar-refractivity contribution in [1.82, 2.24) is 19.8 Å². The van der Waals surface area contributed by atoms with E-state index in [0.717, 1.165) is 33.3 Å². The number of methoxy groups -OCH3 is 1. The predicted octanol–water partition coefficient (Wildman–Crippen LogP) is 6.73. The summed E-state index contributed by atoms with van der Waals surface area (Å²) in [5.41, 5.74) is 5.56. The lowest BCUT2D eigenvalue weighted by atomic mass is 9.97. The van der Waals surface area contributed by atoms with E-state index in [1.807, 2.05) is 86.6 Å². The minimum absolute atomic E-state index is 0.309. The molecule has 0 bridgehead atoms. The number of nitrogens with zero attached hydrogens (tertiary/aromatic N) is 5. The van der Waals surface area contributed by atoms with Crippen molar-refractivity contribution >= 4 is 39.4 Å². The van der Waals surface area contributed by atoms with E-state index < -0.39 is 18.5 Å². The number of hydrazone groups is 1. The molecule has 3 heterocycles. The zero-order chi connectivity index (χ0) is 31.8. The number of rotatable bonds is 7. The smallest absolute Gasteiger partial charge is 0.339 e.